The topological polar surface area (TPSA) is 125 Å². The van der Waals surface area contributed by atoms with Crippen molar-refractivity contribution >= 4 is 17.9 Å². The lowest BCUT2D eigenvalue weighted by Gasteiger charge is -2.18. The number of rotatable bonds is 2. The largest absolute Gasteiger partial charge is 0.476 e. The number of carbonyl (C=O) groups is 2. The maximum atomic E-state index is 11.4. The highest BCUT2D eigenvalue weighted by Crippen LogP contribution is 2.19. The van der Waals surface area contributed by atoms with E-state index in [0.717, 1.165) is 0 Å². The number of hydrogen-bond donors (Lipinski definition) is 2. The summed E-state index contributed by atoms with van der Waals surface area (Å²) in [6.45, 7) is 4.96. The van der Waals surface area contributed by atoms with Gasteiger partial charge in [0.1, 0.15) is 11.7 Å². The van der Waals surface area contributed by atoms with E-state index in [4.69, 9.17) is 15.1 Å². The highest BCUT2D eigenvalue weighted by Gasteiger charge is 2.24. The van der Waals surface area contributed by atoms with Crippen LogP contribution in [0.15, 0.2) is 4.52 Å². The Kier molecular flexibility index (Phi) is 3.56. The fourth-order valence-electron chi connectivity index (χ4n) is 1.02. The first kappa shape index (κ1) is 13.5. The van der Waals surface area contributed by atoms with Crippen LogP contribution in [0, 0.1) is 11.3 Å². The summed E-state index contributed by atoms with van der Waals surface area (Å²) in [6, 6.07) is 1.59. The Morgan fingerprint density at radius 2 is 2.11 bits per heavy atom. The molecule has 1 rings (SSSR count). The van der Waals surface area contributed by atoms with Crippen molar-refractivity contribution in [3.63, 3.8) is 0 Å². The Bertz CT molecular complexity index is 521. The molecule has 0 radical (unpaired) electrons. The summed E-state index contributed by atoms with van der Waals surface area (Å²) in [5.41, 5.74) is -1.66. The second kappa shape index (κ2) is 4.75. The van der Waals surface area contributed by atoms with E-state index in [1.807, 2.05) is 0 Å². The predicted molar refractivity (Wildman–Crippen MR) is 58.0 cm³/mol. The number of aromatic nitrogens is 1. The van der Waals surface area contributed by atoms with Crippen molar-refractivity contribution in [1.29, 1.82) is 5.26 Å². The maximum absolute atomic E-state index is 11.4. The summed E-state index contributed by atoms with van der Waals surface area (Å²) in [6.07, 6.45) is -0.868. The molecule has 8 nitrogen and oxygen atoms in total. The smallest absolute Gasteiger partial charge is 0.414 e. The number of nitrogens with one attached hydrogen (secondary N) is 1. The van der Waals surface area contributed by atoms with Crippen molar-refractivity contribution in [3.8, 4) is 6.07 Å². The summed E-state index contributed by atoms with van der Waals surface area (Å²) in [5, 5.41) is 22.8. The van der Waals surface area contributed by atoms with Gasteiger partial charge in [-0.25, -0.2) is 9.59 Å². The number of carboxylic acids is 1. The number of amides is 1. The third-order valence-electron chi connectivity index (χ3n) is 1.62. The van der Waals surface area contributed by atoms with E-state index in [2.05, 4.69) is 15.0 Å². The van der Waals surface area contributed by atoms with Gasteiger partial charge in [-0.3, -0.25) is 5.32 Å². The van der Waals surface area contributed by atoms with Gasteiger partial charge in [0.25, 0.3) is 5.88 Å². The molecule has 8 heteroatoms. The highest BCUT2D eigenvalue weighted by atomic mass is 16.6. The Labute approximate surface area is 102 Å². The second-order valence-electron chi connectivity index (χ2n) is 4.28. The molecule has 1 heterocycles. The van der Waals surface area contributed by atoms with Crippen LogP contribution in [-0.2, 0) is 4.74 Å². The molecule has 2 N–H and O–H groups in total. The Hall–Kier alpha value is -2.56. The van der Waals surface area contributed by atoms with Gasteiger partial charge in [-0.15, -0.1) is 0 Å². The molecular formula is C10H11N3O5. The van der Waals surface area contributed by atoms with Crippen LogP contribution in [0.1, 0.15) is 36.8 Å². The van der Waals surface area contributed by atoms with Crippen molar-refractivity contribution in [2.24, 2.45) is 0 Å². The van der Waals surface area contributed by atoms with Gasteiger partial charge >= 0.3 is 12.1 Å². The monoisotopic (exact) mass is 253 g/mol. The number of anilines is 1. The molecule has 0 aliphatic heterocycles. The van der Waals surface area contributed by atoms with Gasteiger partial charge in [0, 0.05) is 0 Å². The van der Waals surface area contributed by atoms with E-state index < -0.39 is 23.4 Å². The number of carbonyl (C=O) groups excluding carboxylic acids is 1. The summed E-state index contributed by atoms with van der Waals surface area (Å²) < 4.78 is 9.48. The first-order chi connectivity index (χ1) is 8.24. The van der Waals surface area contributed by atoms with Crippen LogP contribution >= 0.6 is 0 Å². The first-order valence-electron chi connectivity index (χ1n) is 4.87. The minimum atomic E-state index is -1.42. The quantitative estimate of drug-likeness (QED) is 0.819. The van der Waals surface area contributed by atoms with E-state index in [1.54, 1.807) is 26.8 Å². The van der Waals surface area contributed by atoms with Gasteiger partial charge < -0.3 is 14.4 Å². The fourth-order valence-corrected chi connectivity index (χ4v) is 1.02. The Morgan fingerprint density at radius 1 is 1.50 bits per heavy atom. The lowest BCUT2D eigenvalue weighted by Crippen LogP contribution is -2.27. The van der Waals surface area contributed by atoms with Gasteiger partial charge in [-0.05, 0) is 20.8 Å². The molecule has 1 aromatic heterocycles. The second-order valence-corrected chi connectivity index (χ2v) is 4.28. The molecule has 0 unspecified atom stereocenters. The Morgan fingerprint density at radius 3 is 2.56 bits per heavy atom. The summed E-state index contributed by atoms with van der Waals surface area (Å²) in [7, 11) is 0. The average molecular weight is 253 g/mol. The number of carboxylic acid groups (broad SMARTS) is 1. The average Bonchev–Trinajstić information content (AvgIpc) is 2.57. The van der Waals surface area contributed by atoms with E-state index in [0.29, 0.717) is 0 Å². The van der Waals surface area contributed by atoms with E-state index in [1.165, 1.54) is 0 Å². The fraction of sp³-hybridized carbons (Fsp3) is 0.400. The predicted octanol–water partition coefficient (Wildman–Crippen LogP) is 1.59. The van der Waals surface area contributed by atoms with Crippen LogP contribution in [0.25, 0.3) is 0 Å². The molecule has 0 aliphatic carbocycles. The zero-order valence-corrected chi connectivity index (χ0v) is 9.97. The molecule has 0 bridgehead atoms. The van der Waals surface area contributed by atoms with Gasteiger partial charge in [0.15, 0.2) is 5.56 Å². The lowest BCUT2D eigenvalue weighted by atomic mass is 10.2. The SMILES string of the molecule is CC(C)(C)OC(=O)Nc1onc(C(=O)O)c1C#N. The van der Waals surface area contributed by atoms with E-state index in [9.17, 15) is 9.59 Å². The molecule has 0 saturated heterocycles. The molecule has 0 spiro atoms. The maximum Gasteiger partial charge on any atom is 0.414 e. The number of nitriles is 1. The molecule has 0 atom stereocenters. The summed E-state index contributed by atoms with van der Waals surface area (Å²) >= 11 is 0. The molecule has 0 aliphatic rings. The van der Waals surface area contributed by atoms with Crippen molar-refractivity contribution in [3.05, 3.63) is 11.3 Å². The van der Waals surface area contributed by atoms with Crippen LogP contribution < -0.4 is 5.32 Å². The molecule has 18 heavy (non-hydrogen) atoms. The molecule has 0 aromatic carbocycles. The lowest BCUT2D eigenvalue weighted by molar-refractivity contribution is 0.0630. The zero-order chi connectivity index (χ0) is 13.9. The highest BCUT2D eigenvalue weighted by molar-refractivity contribution is 5.92. The number of nitrogens with zero attached hydrogens (tertiary/aromatic N) is 2. The molecule has 96 valence electrons. The van der Waals surface area contributed by atoms with Crippen molar-refractivity contribution in [2.75, 3.05) is 5.32 Å². The first-order valence-corrected chi connectivity index (χ1v) is 4.87. The van der Waals surface area contributed by atoms with Crippen LogP contribution in [0.2, 0.25) is 0 Å². The summed E-state index contributed by atoms with van der Waals surface area (Å²) in [5.74, 6) is -1.78. The summed E-state index contributed by atoms with van der Waals surface area (Å²) in [4.78, 5) is 22.1. The van der Waals surface area contributed by atoms with E-state index in [-0.39, 0.29) is 11.4 Å². The number of ether oxygens (including phenoxy) is 1. The van der Waals surface area contributed by atoms with Crippen molar-refractivity contribution in [2.45, 2.75) is 26.4 Å². The number of hydrogen-bond acceptors (Lipinski definition) is 6. The molecular weight excluding hydrogens is 242 g/mol. The Balaban J connectivity index is 2.90. The van der Waals surface area contributed by atoms with Crippen LogP contribution in [0.4, 0.5) is 10.7 Å². The zero-order valence-electron chi connectivity index (χ0n) is 9.97. The minimum Gasteiger partial charge on any atom is -0.476 e. The van der Waals surface area contributed by atoms with Gasteiger partial charge in [0.2, 0.25) is 5.69 Å². The van der Waals surface area contributed by atoms with Crippen molar-refractivity contribution in [1.82, 2.24) is 5.16 Å². The van der Waals surface area contributed by atoms with Crippen LogP contribution in [0.3, 0.4) is 0 Å². The van der Waals surface area contributed by atoms with Crippen LogP contribution in [0.5, 0.6) is 0 Å². The normalized spacial score (nSPS) is 10.6. The van der Waals surface area contributed by atoms with Gasteiger partial charge in [-0.1, -0.05) is 5.16 Å². The van der Waals surface area contributed by atoms with Crippen LogP contribution in [-0.4, -0.2) is 27.9 Å². The van der Waals surface area contributed by atoms with Gasteiger partial charge in [-0.2, -0.15) is 5.26 Å². The molecule has 1 aromatic rings. The third-order valence-corrected chi connectivity index (χ3v) is 1.62. The minimum absolute atomic E-state index is 0.357. The third kappa shape index (κ3) is 3.21. The molecule has 0 fully saturated rings. The standard InChI is InChI=1S/C10H11N3O5/c1-10(2,3)17-9(16)12-7-5(4-11)6(8(14)15)13-18-7/h1-3H3,(H,12,16)(H,14,15). The number of aromatic carboxylic acids is 1. The molecule has 1 amide bonds. The van der Waals surface area contributed by atoms with Crippen molar-refractivity contribution < 1.29 is 24.0 Å². The van der Waals surface area contributed by atoms with E-state index >= 15 is 0 Å². The molecule has 0 saturated carbocycles. The van der Waals surface area contributed by atoms with Gasteiger partial charge in [0.05, 0.1) is 0 Å².